The van der Waals surface area contributed by atoms with E-state index >= 15 is 0 Å². The molecule has 4 rings (SSSR count). The van der Waals surface area contributed by atoms with Gasteiger partial charge in [0.1, 0.15) is 17.2 Å². The van der Waals surface area contributed by atoms with E-state index in [1.165, 1.54) is 11.1 Å². The van der Waals surface area contributed by atoms with Crippen LogP contribution in [0.25, 0.3) is 16.3 Å². The van der Waals surface area contributed by atoms with Crippen molar-refractivity contribution in [2.75, 3.05) is 25.2 Å². The predicted octanol–water partition coefficient (Wildman–Crippen LogP) is 6.89. The van der Waals surface area contributed by atoms with Crippen LogP contribution in [0.4, 0.5) is 5.82 Å². The van der Waals surface area contributed by atoms with Crippen molar-refractivity contribution in [2.45, 2.75) is 65.6 Å². The van der Waals surface area contributed by atoms with Crippen molar-refractivity contribution in [3.63, 3.8) is 0 Å². The van der Waals surface area contributed by atoms with Crippen LogP contribution in [-0.4, -0.2) is 48.0 Å². The van der Waals surface area contributed by atoms with Gasteiger partial charge in [0.05, 0.1) is 12.6 Å². The van der Waals surface area contributed by atoms with Crippen molar-refractivity contribution in [2.24, 2.45) is 5.41 Å². The number of rotatable bonds is 10. The first kappa shape index (κ1) is 29.5. The van der Waals surface area contributed by atoms with Gasteiger partial charge in [-0.2, -0.15) is 0 Å². The molecule has 0 fully saturated rings. The number of nitrogens with zero attached hydrogens (tertiary/aromatic N) is 2. The Hall–Kier alpha value is -3.48. The van der Waals surface area contributed by atoms with Gasteiger partial charge in [-0.05, 0) is 60.1 Å². The summed E-state index contributed by atoms with van der Waals surface area (Å²) < 4.78 is 12.1. The minimum absolute atomic E-state index is 0.00248. The fraction of sp³-hybridized carbons (Fsp3) is 0.412. The number of anilines is 1. The fourth-order valence-electron chi connectivity index (χ4n) is 5.03. The van der Waals surface area contributed by atoms with Gasteiger partial charge >= 0.3 is 0 Å². The average Bonchev–Trinajstić information content (AvgIpc) is 2.91. The zero-order chi connectivity index (χ0) is 28.9. The number of amides is 1. The number of carbonyl (C=O) groups is 1. The van der Waals surface area contributed by atoms with Gasteiger partial charge in [0.25, 0.3) is 0 Å². The molecule has 3 aromatic rings. The standard InChI is InChI=1S/C34H42N2O4/c1-24-8-7-9-27(20-24)26-12-16-34(39-6,17-13-26)23-36(31(38)22-33(3,4)5)32-30-11-10-29(40-25(2)15-19-37)21-28(30)14-18-35-32/h7-14,16,18,20-21,25,37H,15,17,19,22-23H2,1-6H3. The van der Waals surface area contributed by atoms with Gasteiger partial charge in [0.2, 0.25) is 5.91 Å². The first-order valence-electron chi connectivity index (χ1n) is 14.0. The molecule has 1 heterocycles. The monoisotopic (exact) mass is 542 g/mol. The molecule has 0 aliphatic heterocycles. The Bertz CT molecular complexity index is 1400. The Morgan fingerprint density at radius 1 is 1.18 bits per heavy atom. The number of fused-ring (bicyclic) bond motifs is 1. The quantitative estimate of drug-likeness (QED) is 0.302. The molecule has 0 bridgehead atoms. The number of ether oxygens (including phenoxy) is 2. The van der Waals surface area contributed by atoms with Crippen LogP contribution in [0.5, 0.6) is 5.75 Å². The summed E-state index contributed by atoms with van der Waals surface area (Å²) in [6.07, 6.45) is 9.57. The lowest BCUT2D eigenvalue weighted by Crippen LogP contribution is -2.47. The maximum Gasteiger partial charge on any atom is 0.228 e. The average molecular weight is 543 g/mol. The smallest absolute Gasteiger partial charge is 0.228 e. The van der Waals surface area contributed by atoms with E-state index in [1.54, 1.807) is 18.2 Å². The highest BCUT2D eigenvalue weighted by Crippen LogP contribution is 2.35. The molecule has 1 aliphatic rings. The van der Waals surface area contributed by atoms with E-state index in [1.807, 2.05) is 31.2 Å². The zero-order valence-electron chi connectivity index (χ0n) is 24.6. The first-order valence-corrected chi connectivity index (χ1v) is 14.0. The van der Waals surface area contributed by atoms with Gasteiger partial charge in [0.15, 0.2) is 0 Å². The maximum absolute atomic E-state index is 13.9. The number of allylic oxidation sites excluding steroid dienone is 2. The van der Waals surface area contributed by atoms with E-state index in [0.29, 0.717) is 31.6 Å². The summed E-state index contributed by atoms with van der Waals surface area (Å²) in [4.78, 5) is 20.4. The number of aromatic nitrogens is 1. The molecule has 6 nitrogen and oxygen atoms in total. The Balaban J connectivity index is 1.68. The second-order valence-electron chi connectivity index (χ2n) is 12.0. The summed E-state index contributed by atoms with van der Waals surface area (Å²) in [5.41, 5.74) is 2.66. The van der Waals surface area contributed by atoms with Gasteiger partial charge in [-0.1, -0.05) is 68.8 Å². The van der Waals surface area contributed by atoms with Gasteiger partial charge in [-0.25, -0.2) is 4.98 Å². The molecule has 40 heavy (non-hydrogen) atoms. The number of pyridine rings is 1. The summed E-state index contributed by atoms with van der Waals surface area (Å²) >= 11 is 0. The highest BCUT2D eigenvalue weighted by molar-refractivity contribution is 6.02. The van der Waals surface area contributed by atoms with Crippen molar-refractivity contribution in [1.82, 2.24) is 4.98 Å². The van der Waals surface area contributed by atoms with Crippen molar-refractivity contribution < 1.29 is 19.4 Å². The molecule has 2 aromatic carbocycles. The van der Waals surface area contributed by atoms with Crippen molar-refractivity contribution in [3.05, 3.63) is 84.1 Å². The van der Waals surface area contributed by atoms with E-state index in [4.69, 9.17) is 14.5 Å². The molecule has 0 spiro atoms. The Labute approximate surface area is 238 Å². The highest BCUT2D eigenvalue weighted by Gasteiger charge is 2.35. The van der Waals surface area contributed by atoms with E-state index < -0.39 is 5.60 Å². The Morgan fingerprint density at radius 2 is 1.98 bits per heavy atom. The van der Waals surface area contributed by atoms with E-state index in [2.05, 4.69) is 70.2 Å². The van der Waals surface area contributed by atoms with Crippen molar-refractivity contribution in [3.8, 4) is 5.75 Å². The van der Waals surface area contributed by atoms with E-state index in [-0.39, 0.29) is 24.0 Å². The molecule has 2 unspecified atom stereocenters. The van der Waals surface area contributed by atoms with Gasteiger partial charge in [0, 0.05) is 44.6 Å². The van der Waals surface area contributed by atoms with Crippen LogP contribution in [0.15, 0.2) is 73.0 Å². The number of aliphatic hydroxyl groups excluding tert-OH is 1. The van der Waals surface area contributed by atoms with Crippen LogP contribution in [0, 0.1) is 12.3 Å². The van der Waals surface area contributed by atoms with Crippen molar-refractivity contribution in [1.29, 1.82) is 0 Å². The Morgan fingerprint density at radius 3 is 2.62 bits per heavy atom. The zero-order valence-corrected chi connectivity index (χ0v) is 24.6. The summed E-state index contributed by atoms with van der Waals surface area (Å²) in [6, 6.07) is 16.2. The van der Waals surface area contributed by atoms with Crippen LogP contribution < -0.4 is 9.64 Å². The molecule has 1 amide bonds. The molecular formula is C34H42N2O4. The molecular weight excluding hydrogens is 500 g/mol. The number of aliphatic hydroxyl groups is 1. The van der Waals surface area contributed by atoms with Gasteiger partial charge in [-0.3, -0.25) is 9.69 Å². The lowest BCUT2D eigenvalue weighted by molar-refractivity contribution is -0.121. The van der Waals surface area contributed by atoms with Crippen LogP contribution in [-0.2, 0) is 9.53 Å². The first-order chi connectivity index (χ1) is 19.0. The number of carbonyl (C=O) groups excluding carboxylic acids is 1. The lowest BCUT2D eigenvalue weighted by Gasteiger charge is -2.37. The largest absolute Gasteiger partial charge is 0.491 e. The van der Waals surface area contributed by atoms with Gasteiger partial charge < -0.3 is 14.6 Å². The summed E-state index contributed by atoms with van der Waals surface area (Å²) in [7, 11) is 1.70. The Kier molecular flexibility index (Phi) is 9.12. The van der Waals surface area contributed by atoms with Crippen molar-refractivity contribution >= 4 is 28.1 Å². The second kappa shape index (κ2) is 12.4. The summed E-state index contributed by atoms with van der Waals surface area (Å²) in [5, 5.41) is 11.0. The predicted molar refractivity (Wildman–Crippen MR) is 163 cm³/mol. The summed E-state index contributed by atoms with van der Waals surface area (Å²) in [6.45, 7) is 10.7. The maximum atomic E-state index is 13.9. The molecule has 1 aliphatic carbocycles. The highest BCUT2D eigenvalue weighted by atomic mass is 16.5. The number of hydrogen-bond acceptors (Lipinski definition) is 5. The normalized spacial score (nSPS) is 17.9. The fourth-order valence-corrected chi connectivity index (χ4v) is 5.03. The number of benzene rings is 2. The van der Waals surface area contributed by atoms with Gasteiger partial charge in [-0.15, -0.1) is 0 Å². The molecule has 2 atom stereocenters. The third-order valence-electron chi connectivity index (χ3n) is 7.24. The SMILES string of the molecule is COC1(CN(C(=O)CC(C)(C)C)c2nccc3cc(OC(C)CCO)ccc23)C=CC(c2cccc(C)c2)=CC1. The molecule has 0 radical (unpaired) electrons. The van der Waals surface area contributed by atoms with E-state index in [9.17, 15) is 9.90 Å². The second-order valence-corrected chi connectivity index (χ2v) is 12.0. The molecule has 0 saturated carbocycles. The minimum atomic E-state index is -0.687. The molecule has 6 heteroatoms. The van der Waals surface area contributed by atoms with Crippen LogP contribution >= 0.6 is 0 Å². The summed E-state index contributed by atoms with van der Waals surface area (Å²) in [5.74, 6) is 1.33. The number of methoxy groups -OCH3 is 1. The third kappa shape index (κ3) is 7.18. The molecule has 212 valence electrons. The topological polar surface area (TPSA) is 71.9 Å². The third-order valence-corrected chi connectivity index (χ3v) is 7.24. The number of aryl methyl sites for hydroxylation is 1. The molecule has 0 saturated heterocycles. The van der Waals surface area contributed by atoms with E-state index in [0.717, 1.165) is 22.1 Å². The lowest BCUT2D eigenvalue weighted by atomic mass is 9.87. The number of hydrogen-bond donors (Lipinski definition) is 1. The van der Waals surface area contributed by atoms with Crippen LogP contribution in [0.1, 0.15) is 58.1 Å². The van der Waals surface area contributed by atoms with Crippen LogP contribution in [0.3, 0.4) is 0 Å². The molecule has 1 aromatic heterocycles. The minimum Gasteiger partial charge on any atom is -0.491 e. The van der Waals surface area contributed by atoms with Crippen LogP contribution in [0.2, 0.25) is 0 Å². The molecule has 1 N–H and O–H groups in total.